The van der Waals surface area contributed by atoms with E-state index < -0.39 is 0 Å². The Morgan fingerprint density at radius 2 is 2.07 bits per heavy atom. The van der Waals surface area contributed by atoms with Gasteiger partial charge in [0.05, 0.1) is 0 Å². The number of thioether (sulfide) groups is 1. The van der Waals surface area contributed by atoms with Crippen molar-refractivity contribution < 1.29 is 0 Å². The molecular formula is C12H23NS. The molecule has 1 nitrogen and oxygen atoms in total. The van der Waals surface area contributed by atoms with Crippen molar-refractivity contribution in [2.24, 2.45) is 0 Å². The summed E-state index contributed by atoms with van der Waals surface area (Å²) in [6.45, 7) is 4.90. The summed E-state index contributed by atoms with van der Waals surface area (Å²) >= 11 is 2.04. The second-order valence-electron chi connectivity index (χ2n) is 4.09. The van der Waals surface area contributed by atoms with Crippen LogP contribution in [0.4, 0.5) is 0 Å². The van der Waals surface area contributed by atoms with Crippen LogP contribution in [0.1, 0.15) is 38.5 Å². The van der Waals surface area contributed by atoms with Crippen molar-refractivity contribution in [1.82, 2.24) is 5.32 Å². The zero-order chi connectivity index (χ0) is 10.2. The van der Waals surface area contributed by atoms with Gasteiger partial charge in [0.15, 0.2) is 0 Å². The average molecular weight is 213 g/mol. The molecule has 0 amide bonds. The summed E-state index contributed by atoms with van der Waals surface area (Å²) in [4.78, 5) is 0. The predicted octanol–water partition coefficient (Wildman–Crippen LogP) is 3.22. The van der Waals surface area contributed by atoms with Gasteiger partial charge in [0.2, 0.25) is 0 Å². The van der Waals surface area contributed by atoms with E-state index in [0.29, 0.717) is 0 Å². The summed E-state index contributed by atoms with van der Waals surface area (Å²) < 4.78 is 0. The van der Waals surface area contributed by atoms with Crippen LogP contribution in [0.5, 0.6) is 0 Å². The van der Waals surface area contributed by atoms with Crippen LogP contribution in [-0.4, -0.2) is 24.1 Å². The lowest BCUT2D eigenvalue weighted by Crippen LogP contribution is -2.34. The smallest absolute Gasteiger partial charge is 0.00678 e. The van der Waals surface area contributed by atoms with Crippen molar-refractivity contribution in [3.05, 3.63) is 12.7 Å². The number of allylic oxidation sites excluding steroid dienone is 1. The summed E-state index contributed by atoms with van der Waals surface area (Å²) in [6, 6.07) is 0.795. The van der Waals surface area contributed by atoms with Crippen LogP contribution in [-0.2, 0) is 0 Å². The highest BCUT2D eigenvalue weighted by molar-refractivity contribution is 7.99. The number of hydrogen-bond donors (Lipinski definition) is 1. The highest BCUT2D eigenvalue weighted by Crippen LogP contribution is 2.26. The Balaban J connectivity index is 2.01. The molecule has 0 spiro atoms. The second kappa shape index (κ2) is 7.36. The minimum Gasteiger partial charge on any atom is -0.314 e. The SMILES string of the molecule is C=CCCCNC1CCC(SC)CC1. The first-order valence-corrected chi connectivity index (χ1v) is 7.02. The molecule has 0 aromatic heterocycles. The first-order chi connectivity index (χ1) is 6.86. The standard InChI is InChI=1S/C12H23NS/c1-3-4-5-10-13-11-6-8-12(14-2)9-7-11/h3,11-13H,1,4-10H2,2H3. The van der Waals surface area contributed by atoms with Crippen molar-refractivity contribution in [1.29, 1.82) is 0 Å². The molecule has 0 radical (unpaired) electrons. The first-order valence-electron chi connectivity index (χ1n) is 5.74. The van der Waals surface area contributed by atoms with E-state index in [1.54, 1.807) is 0 Å². The van der Waals surface area contributed by atoms with Crippen LogP contribution in [0.15, 0.2) is 12.7 Å². The number of rotatable bonds is 6. The molecule has 1 saturated carbocycles. The van der Waals surface area contributed by atoms with Gasteiger partial charge in [-0.1, -0.05) is 6.08 Å². The maximum atomic E-state index is 3.74. The molecule has 1 aliphatic carbocycles. The molecule has 82 valence electrons. The largest absolute Gasteiger partial charge is 0.314 e. The van der Waals surface area contributed by atoms with Gasteiger partial charge in [-0.05, 0) is 51.3 Å². The van der Waals surface area contributed by atoms with Gasteiger partial charge in [-0.15, -0.1) is 6.58 Å². The summed E-state index contributed by atoms with van der Waals surface area (Å²) in [7, 11) is 0. The van der Waals surface area contributed by atoms with Crippen LogP contribution in [0, 0.1) is 0 Å². The Labute approximate surface area is 92.7 Å². The molecule has 0 aromatic carbocycles. The number of unbranched alkanes of at least 4 members (excludes halogenated alkanes) is 1. The first kappa shape index (κ1) is 12.1. The highest BCUT2D eigenvalue weighted by Gasteiger charge is 2.19. The van der Waals surface area contributed by atoms with E-state index in [1.807, 2.05) is 17.8 Å². The van der Waals surface area contributed by atoms with Crippen LogP contribution in [0.2, 0.25) is 0 Å². The van der Waals surface area contributed by atoms with Gasteiger partial charge in [0.1, 0.15) is 0 Å². The monoisotopic (exact) mass is 213 g/mol. The van der Waals surface area contributed by atoms with Crippen LogP contribution < -0.4 is 5.32 Å². The molecule has 0 atom stereocenters. The zero-order valence-electron chi connectivity index (χ0n) is 9.30. The number of hydrogen-bond acceptors (Lipinski definition) is 2. The topological polar surface area (TPSA) is 12.0 Å². The molecule has 1 fully saturated rings. The molecule has 1 rings (SSSR count). The van der Waals surface area contributed by atoms with Gasteiger partial charge >= 0.3 is 0 Å². The Morgan fingerprint density at radius 1 is 1.36 bits per heavy atom. The third kappa shape index (κ3) is 4.52. The Bertz CT molecular complexity index is 150. The van der Waals surface area contributed by atoms with E-state index >= 15 is 0 Å². The Hall–Kier alpha value is 0.0500. The summed E-state index contributed by atoms with van der Waals surface area (Å²) in [6.07, 6.45) is 12.2. The van der Waals surface area contributed by atoms with E-state index in [2.05, 4.69) is 18.2 Å². The van der Waals surface area contributed by atoms with Gasteiger partial charge in [0.25, 0.3) is 0 Å². The van der Waals surface area contributed by atoms with E-state index in [1.165, 1.54) is 38.6 Å². The fourth-order valence-electron chi connectivity index (χ4n) is 2.06. The molecule has 0 bridgehead atoms. The molecule has 14 heavy (non-hydrogen) atoms. The molecular weight excluding hydrogens is 190 g/mol. The third-order valence-electron chi connectivity index (χ3n) is 3.03. The Kier molecular flexibility index (Phi) is 6.37. The fraction of sp³-hybridized carbons (Fsp3) is 0.833. The van der Waals surface area contributed by atoms with E-state index in [4.69, 9.17) is 0 Å². The van der Waals surface area contributed by atoms with Crippen LogP contribution >= 0.6 is 11.8 Å². The molecule has 0 aliphatic heterocycles. The van der Waals surface area contributed by atoms with Gasteiger partial charge in [0, 0.05) is 11.3 Å². The van der Waals surface area contributed by atoms with E-state index in [9.17, 15) is 0 Å². The lowest BCUT2D eigenvalue weighted by atomic mass is 9.95. The maximum absolute atomic E-state index is 3.74. The van der Waals surface area contributed by atoms with Crippen molar-refractivity contribution in [3.8, 4) is 0 Å². The van der Waals surface area contributed by atoms with Crippen molar-refractivity contribution >= 4 is 11.8 Å². The molecule has 1 N–H and O–H groups in total. The van der Waals surface area contributed by atoms with Crippen LogP contribution in [0.25, 0.3) is 0 Å². The van der Waals surface area contributed by atoms with Gasteiger partial charge in [-0.25, -0.2) is 0 Å². The third-order valence-corrected chi connectivity index (χ3v) is 4.16. The van der Waals surface area contributed by atoms with E-state index in [0.717, 1.165) is 17.7 Å². The summed E-state index contributed by atoms with van der Waals surface area (Å²) in [5.74, 6) is 0. The molecule has 0 heterocycles. The minimum absolute atomic E-state index is 0.795. The number of nitrogens with one attached hydrogen (secondary N) is 1. The molecule has 0 aromatic rings. The van der Waals surface area contributed by atoms with Gasteiger partial charge in [-0.3, -0.25) is 0 Å². The van der Waals surface area contributed by atoms with Crippen molar-refractivity contribution in [3.63, 3.8) is 0 Å². The molecule has 1 aliphatic rings. The van der Waals surface area contributed by atoms with E-state index in [-0.39, 0.29) is 0 Å². The van der Waals surface area contributed by atoms with Gasteiger partial charge < -0.3 is 5.32 Å². The quantitative estimate of drug-likeness (QED) is 0.537. The van der Waals surface area contributed by atoms with Crippen molar-refractivity contribution in [2.75, 3.05) is 12.8 Å². The van der Waals surface area contributed by atoms with Crippen molar-refractivity contribution in [2.45, 2.75) is 49.8 Å². The molecule has 0 unspecified atom stereocenters. The lowest BCUT2D eigenvalue weighted by Gasteiger charge is -2.28. The zero-order valence-corrected chi connectivity index (χ0v) is 10.1. The Morgan fingerprint density at radius 3 is 2.64 bits per heavy atom. The average Bonchev–Trinajstić information content (AvgIpc) is 2.25. The summed E-state index contributed by atoms with van der Waals surface area (Å²) in [5.41, 5.74) is 0. The summed E-state index contributed by atoms with van der Waals surface area (Å²) in [5, 5.41) is 4.58. The molecule has 0 saturated heterocycles. The second-order valence-corrected chi connectivity index (χ2v) is 5.23. The fourth-order valence-corrected chi connectivity index (χ4v) is 2.80. The van der Waals surface area contributed by atoms with Crippen LogP contribution in [0.3, 0.4) is 0 Å². The highest BCUT2D eigenvalue weighted by atomic mass is 32.2. The normalized spacial score (nSPS) is 27.5. The molecule has 2 heteroatoms. The minimum atomic E-state index is 0.795. The predicted molar refractivity (Wildman–Crippen MR) is 67.0 cm³/mol. The van der Waals surface area contributed by atoms with Gasteiger partial charge in [-0.2, -0.15) is 11.8 Å². The lowest BCUT2D eigenvalue weighted by molar-refractivity contribution is 0.379. The maximum Gasteiger partial charge on any atom is 0.00678 e.